The van der Waals surface area contributed by atoms with Crippen LogP contribution in [0, 0.1) is 5.92 Å². The summed E-state index contributed by atoms with van der Waals surface area (Å²) in [6, 6.07) is 9.24. The number of nitrogens with zero attached hydrogens (tertiary/aromatic N) is 1. The largest absolute Gasteiger partial charge is 0.487 e. The molecule has 4 atom stereocenters. The third kappa shape index (κ3) is 5.17. The molecule has 8 nitrogen and oxygen atoms in total. The lowest BCUT2D eigenvalue weighted by Gasteiger charge is -2.37. The predicted octanol–water partition coefficient (Wildman–Crippen LogP) is 2.17. The van der Waals surface area contributed by atoms with E-state index in [1.165, 1.54) is 12.8 Å². The molecule has 174 valence electrons. The summed E-state index contributed by atoms with van der Waals surface area (Å²) < 4.78 is 12.1. The molecule has 0 bridgehead atoms. The smallest absolute Gasteiger partial charge is 0.228 e. The summed E-state index contributed by atoms with van der Waals surface area (Å²) in [6.07, 6.45) is 5.77. The summed E-state index contributed by atoms with van der Waals surface area (Å²) in [5.41, 5.74) is 2.57. The van der Waals surface area contributed by atoms with Gasteiger partial charge in [-0.25, -0.2) is 0 Å². The number of hydrogen-bond donors (Lipinski definition) is 3. The van der Waals surface area contributed by atoms with Gasteiger partial charge in [-0.05, 0) is 61.1 Å². The normalized spacial score (nSPS) is 25.5. The van der Waals surface area contributed by atoms with Crippen LogP contribution in [0.5, 0.6) is 5.75 Å². The third-order valence-electron chi connectivity index (χ3n) is 6.60. The van der Waals surface area contributed by atoms with Gasteiger partial charge in [0.05, 0.1) is 25.6 Å². The Morgan fingerprint density at radius 3 is 2.70 bits per heavy atom. The molecule has 2 aromatic rings. The minimum Gasteiger partial charge on any atom is -0.487 e. The van der Waals surface area contributed by atoms with E-state index in [-0.39, 0.29) is 49.4 Å². The fourth-order valence-electron chi connectivity index (χ4n) is 4.72. The molecule has 8 heteroatoms. The molecule has 2 amide bonds. The van der Waals surface area contributed by atoms with Gasteiger partial charge < -0.3 is 25.2 Å². The van der Waals surface area contributed by atoms with Crippen LogP contribution in [-0.4, -0.2) is 53.4 Å². The maximum atomic E-state index is 12.5. The molecule has 3 heterocycles. The number of aliphatic hydroxyl groups excluding tert-OH is 1. The van der Waals surface area contributed by atoms with Crippen LogP contribution in [0.15, 0.2) is 42.7 Å². The van der Waals surface area contributed by atoms with Crippen molar-refractivity contribution in [2.75, 3.05) is 18.5 Å². The van der Waals surface area contributed by atoms with Crippen LogP contribution in [0.1, 0.15) is 42.7 Å². The Balaban J connectivity index is 1.25. The van der Waals surface area contributed by atoms with Gasteiger partial charge in [0.2, 0.25) is 11.8 Å². The first-order valence-corrected chi connectivity index (χ1v) is 11.6. The second-order valence-electron chi connectivity index (χ2n) is 9.19. The minimum absolute atomic E-state index is 0.0100. The van der Waals surface area contributed by atoms with E-state index in [1.807, 2.05) is 30.3 Å². The zero-order valence-electron chi connectivity index (χ0n) is 18.4. The van der Waals surface area contributed by atoms with E-state index >= 15 is 0 Å². The summed E-state index contributed by atoms with van der Waals surface area (Å²) in [5, 5.41) is 15.8. The fraction of sp³-hybridized carbons (Fsp3) is 0.480. The fourth-order valence-corrected chi connectivity index (χ4v) is 4.72. The van der Waals surface area contributed by atoms with Crippen LogP contribution >= 0.6 is 0 Å². The maximum Gasteiger partial charge on any atom is 0.228 e. The Morgan fingerprint density at radius 2 is 1.94 bits per heavy atom. The van der Waals surface area contributed by atoms with E-state index in [9.17, 15) is 14.7 Å². The molecule has 2 fully saturated rings. The average molecular weight is 452 g/mol. The van der Waals surface area contributed by atoms with Crippen molar-refractivity contribution in [1.82, 2.24) is 10.3 Å². The molecule has 33 heavy (non-hydrogen) atoms. The molecule has 1 saturated heterocycles. The van der Waals surface area contributed by atoms with Crippen LogP contribution in [-0.2, 0) is 20.7 Å². The number of nitrogens with one attached hydrogen (secondary N) is 2. The summed E-state index contributed by atoms with van der Waals surface area (Å²) in [5.74, 6) is 1.22. The molecule has 1 saturated carbocycles. The van der Waals surface area contributed by atoms with Gasteiger partial charge in [0, 0.05) is 36.1 Å². The zero-order chi connectivity index (χ0) is 22.8. The Labute approximate surface area is 192 Å². The lowest BCUT2D eigenvalue weighted by Crippen LogP contribution is -2.47. The number of benzene rings is 1. The number of ether oxygens (including phenoxy) is 2. The van der Waals surface area contributed by atoms with E-state index in [4.69, 9.17) is 9.47 Å². The monoisotopic (exact) mass is 451 g/mol. The highest BCUT2D eigenvalue weighted by Crippen LogP contribution is 2.47. The van der Waals surface area contributed by atoms with Crippen molar-refractivity contribution in [2.45, 2.75) is 56.3 Å². The molecular formula is C25H29N3O5. The molecule has 0 spiro atoms. The summed E-state index contributed by atoms with van der Waals surface area (Å²) >= 11 is 0. The first-order valence-electron chi connectivity index (χ1n) is 11.6. The molecule has 5 rings (SSSR count). The van der Waals surface area contributed by atoms with E-state index in [2.05, 4.69) is 15.6 Å². The van der Waals surface area contributed by atoms with Gasteiger partial charge in [-0.15, -0.1) is 0 Å². The van der Waals surface area contributed by atoms with Crippen LogP contribution in [0.4, 0.5) is 5.69 Å². The van der Waals surface area contributed by atoms with Crippen LogP contribution in [0.3, 0.4) is 0 Å². The second-order valence-corrected chi connectivity index (χ2v) is 9.19. The molecular weight excluding hydrogens is 422 g/mol. The van der Waals surface area contributed by atoms with Gasteiger partial charge >= 0.3 is 0 Å². The van der Waals surface area contributed by atoms with E-state index in [0.717, 1.165) is 23.4 Å². The Morgan fingerprint density at radius 1 is 1.12 bits per heavy atom. The lowest BCUT2D eigenvalue weighted by atomic mass is 9.84. The van der Waals surface area contributed by atoms with Crippen molar-refractivity contribution in [2.24, 2.45) is 5.92 Å². The summed E-state index contributed by atoms with van der Waals surface area (Å²) in [6.45, 7) is 0.556. The number of aromatic nitrogens is 1. The number of fused-ring (bicyclic) bond motifs is 3. The van der Waals surface area contributed by atoms with Crippen LogP contribution in [0.25, 0.3) is 0 Å². The summed E-state index contributed by atoms with van der Waals surface area (Å²) in [4.78, 5) is 28.8. The molecule has 2 aliphatic heterocycles. The number of amides is 2. The van der Waals surface area contributed by atoms with E-state index < -0.39 is 6.10 Å². The van der Waals surface area contributed by atoms with Crippen molar-refractivity contribution < 1.29 is 24.2 Å². The van der Waals surface area contributed by atoms with Crippen LogP contribution in [0.2, 0.25) is 0 Å². The highest BCUT2D eigenvalue weighted by Gasteiger charge is 2.46. The van der Waals surface area contributed by atoms with Crippen LogP contribution < -0.4 is 15.4 Å². The minimum atomic E-state index is -0.498. The van der Waals surface area contributed by atoms with Gasteiger partial charge in [0.15, 0.2) is 0 Å². The lowest BCUT2D eigenvalue weighted by molar-refractivity contribution is -0.142. The molecule has 3 aliphatic rings. The third-order valence-corrected chi connectivity index (χ3v) is 6.60. The number of rotatable bonds is 8. The summed E-state index contributed by atoms with van der Waals surface area (Å²) in [7, 11) is 0. The van der Waals surface area contributed by atoms with Gasteiger partial charge in [0.25, 0.3) is 0 Å². The van der Waals surface area contributed by atoms with Crippen molar-refractivity contribution in [3.63, 3.8) is 0 Å². The van der Waals surface area contributed by atoms with Crippen molar-refractivity contribution >= 4 is 17.5 Å². The van der Waals surface area contributed by atoms with Gasteiger partial charge in [-0.3, -0.25) is 14.6 Å². The standard InChI is InChI=1S/C25H29N3O5/c29-14-22-25-20(11-18(32-22)12-23(30)27-13-16-1-2-16)19-10-17(3-4-21(19)33-25)28-24(31)9-15-5-7-26-8-6-15/h3-8,10,16,18,20,22,25,29H,1-2,9,11-14H2,(H,27,30)(H,28,31)/t18-,20+,22+,25-/m1/s1. The molecule has 0 radical (unpaired) electrons. The quantitative estimate of drug-likeness (QED) is 0.568. The SMILES string of the molecule is O=C(C[C@H]1C[C@H]2c3cc(NC(=O)Cc4ccncc4)ccc3O[C@H]2[C@H](CO)O1)NCC1CC1. The second kappa shape index (κ2) is 9.49. The maximum absolute atomic E-state index is 12.5. The Kier molecular flexibility index (Phi) is 6.28. The number of hydrogen-bond acceptors (Lipinski definition) is 6. The Hall–Kier alpha value is -2.97. The molecule has 3 N–H and O–H groups in total. The van der Waals surface area contributed by atoms with Gasteiger partial charge in [0.1, 0.15) is 18.0 Å². The highest BCUT2D eigenvalue weighted by molar-refractivity contribution is 5.92. The molecule has 1 aromatic heterocycles. The van der Waals surface area contributed by atoms with Gasteiger partial charge in [-0.2, -0.15) is 0 Å². The average Bonchev–Trinajstić information content (AvgIpc) is 3.58. The first kappa shape index (κ1) is 21.9. The van der Waals surface area contributed by atoms with Crippen molar-refractivity contribution in [1.29, 1.82) is 0 Å². The van der Waals surface area contributed by atoms with Crippen molar-refractivity contribution in [3.8, 4) is 5.75 Å². The predicted molar refractivity (Wildman–Crippen MR) is 121 cm³/mol. The Bertz CT molecular complexity index is 1010. The first-order chi connectivity index (χ1) is 16.1. The zero-order valence-corrected chi connectivity index (χ0v) is 18.4. The molecule has 1 aromatic carbocycles. The van der Waals surface area contributed by atoms with E-state index in [1.54, 1.807) is 12.4 Å². The van der Waals surface area contributed by atoms with E-state index in [0.29, 0.717) is 18.0 Å². The van der Waals surface area contributed by atoms with Gasteiger partial charge in [-0.1, -0.05) is 0 Å². The molecule has 1 aliphatic carbocycles. The highest BCUT2D eigenvalue weighted by atomic mass is 16.6. The number of carbonyl (C=O) groups is 2. The number of pyridine rings is 1. The number of carbonyl (C=O) groups excluding carboxylic acids is 2. The topological polar surface area (TPSA) is 110 Å². The molecule has 0 unspecified atom stereocenters. The van der Waals surface area contributed by atoms with Crippen molar-refractivity contribution in [3.05, 3.63) is 53.9 Å². The number of aliphatic hydroxyl groups is 1. The number of anilines is 1.